The Bertz CT molecular complexity index is 670. The van der Waals surface area contributed by atoms with E-state index in [1.165, 1.54) is 17.7 Å². The Morgan fingerprint density at radius 3 is 2.75 bits per heavy atom. The predicted molar refractivity (Wildman–Crippen MR) is 75.2 cm³/mol. The molecule has 0 aliphatic rings. The maximum absolute atomic E-state index is 12.0. The molecule has 0 radical (unpaired) electrons. The van der Waals surface area contributed by atoms with Crippen LogP contribution in [0.15, 0.2) is 35.1 Å². The number of aryl methyl sites for hydroxylation is 1. The lowest BCUT2D eigenvalue weighted by Crippen LogP contribution is -2.30. The zero-order valence-corrected chi connectivity index (χ0v) is 11.3. The second-order valence-corrected chi connectivity index (χ2v) is 4.43. The van der Waals surface area contributed by atoms with Crippen molar-refractivity contribution in [1.29, 1.82) is 0 Å². The van der Waals surface area contributed by atoms with E-state index in [4.69, 9.17) is 14.8 Å². The third-order valence-corrected chi connectivity index (χ3v) is 2.87. The Kier molecular flexibility index (Phi) is 4.21. The highest BCUT2D eigenvalue weighted by Gasteiger charge is 2.12. The summed E-state index contributed by atoms with van der Waals surface area (Å²) in [5, 5.41) is 18.3. The van der Waals surface area contributed by atoms with Crippen molar-refractivity contribution in [2.24, 2.45) is 0 Å². The fraction of sp³-hybridized carbons (Fsp3) is 0.231. The molecule has 0 atom stereocenters. The number of hydrogen-bond donors (Lipinski definition) is 2. The molecule has 0 amide bonds. The van der Waals surface area contributed by atoms with Gasteiger partial charge in [0.05, 0.1) is 13.7 Å². The Balaban J connectivity index is 2.40. The minimum absolute atomic E-state index is 0.218. The van der Waals surface area contributed by atoms with E-state index in [0.29, 0.717) is 11.2 Å². The molecule has 2 N–H and O–H groups in total. The van der Waals surface area contributed by atoms with Crippen molar-refractivity contribution in [1.82, 2.24) is 9.55 Å². The molecule has 0 fully saturated rings. The van der Waals surface area contributed by atoms with Crippen LogP contribution in [0.3, 0.4) is 0 Å². The van der Waals surface area contributed by atoms with Crippen molar-refractivity contribution in [3.05, 3.63) is 51.9 Å². The van der Waals surface area contributed by atoms with E-state index in [9.17, 15) is 4.79 Å². The van der Waals surface area contributed by atoms with Crippen LogP contribution < -0.4 is 15.8 Å². The van der Waals surface area contributed by atoms with E-state index in [-0.39, 0.29) is 18.1 Å². The maximum Gasteiger partial charge on any atom is 0.488 e. The number of rotatable bonds is 4. The van der Waals surface area contributed by atoms with E-state index < -0.39 is 7.12 Å². The molecule has 0 bridgehead atoms. The van der Waals surface area contributed by atoms with Crippen molar-refractivity contribution >= 4 is 12.6 Å². The van der Waals surface area contributed by atoms with Crippen LogP contribution >= 0.6 is 0 Å². The molecule has 1 aromatic carbocycles. The summed E-state index contributed by atoms with van der Waals surface area (Å²) in [5.74, 6) is 0. The number of aromatic nitrogens is 2. The van der Waals surface area contributed by atoms with Crippen LogP contribution in [0.4, 0.5) is 0 Å². The van der Waals surface area contributed by atoms with Crippen LogP contribution in [0, 0.1) is 6.92 Å². The Morgan fingerprint density at radius 1 is 1.35 bits per heavy atom. The van der Waals surface area contributed by atoms with Gasteiger partial charge >= 0.3 is 7.12 Å². The third-order valence-electron chi connectivity index (χ3n) is 2.87. The summed E-state index contributed by atoms with van der Waals surface area (Å²) < 4.78 is 6.49. The Labute approximate surface area is 116 Å². The molecule has 2 aromatic rings. The van der Waals surface area contributed by atoms with E-state index in [0.717, 1.165) is 5.56 Å². The van der Waals surface area contributed by atoms with Crippen molar-refractivity contribution < 1.29 is 14.8 Å². The summed E-state index contributed by atoms with van der Waals surface area (Å²) in [7, 11) is -0.0873. The van der Waals surface area contributed by atoms with E-state index >= 15 is 0 Å². The topological polar surface area (TPSA) is 84.6 Å². The minimum atomic E-state index is -1.54. The summed E-state index contributed by atoms with van der Waals surface area (Å²) in [6.45, 7) is 1.97. The molecule has 1 aromatic heterocycles. The van der Waals surface area contributed by atoms with Crippen molar-refractivity contribution in [3.8, 4) is 6.01 Å². The number of benzene rings is 1. The lowest BCUT2D eigenvalue weighted by Gasteiger charge is -2.11. The highest BCUT2D eigenvalue weighted by atomic mass is 16.5. The molecule has 7 heteroatoms. The number of hydrogen-bond acceptors (Lipinski definition) is 5. The van der Waals surface area contributed by atoms with Crippen LogP contribution in [0.2, 0.25) is 0 Å². The average Bonchev–Trinajstić information content (AvgIpc) is 2.41. The van der Waals surface area contributed by atoms with Gasteiger partial charge in [0.15, 0.2) is 0 Å². The number of methoxy groups -OCH3 is 1. The fourth-order valence-electron chi connectivity index (χ4n) is 1.93. The van der Waals surface area contributed by atoms with E-state index in [1.807, 2.05) is 0 Å². The molecule has 1 heterocycles. The first-order valence-electron chi connectivity index (χ1n) is 6.08. The largest absolute Gasteiger partial charge is 0.488 e. The Morgan fingerprint density at radius 2 is 2.10 bits per heavy atom. The molecule has 6 nitrogen and oxygen atoms in total. The van der Waals surface area contributed by atoms with Gasteiger partial charge in [-0.15, -0.1) is 0 Å². The molecule has 0 aliphatic carbocycles. The lowest BCUT2D eigenvalue weighted by atomic mass is 9.79. The van der Waals surface area contributed by atoms with Gasteiger partial charge in [-0.3, -0.25) is 9.36 Å². The quantitative estimate of drug-likeness (QED) is 0.719. The molecular weight excluding hydrogens is 259 g/mol. The van der Waals surface area contributed by atoms with Crippen LogP contribution in [0.5, 0.6) is 6.01 Å². The van der Waals surface area contributed by atoms with Gasteiger partial charge in [0.1, 0.15) is 0 Å². The molecule has 2 rings (SSSR count). The molecule has 0 spiro atoms. The van der Waals surface area contributed by atoms with Crippen molar-refractivity contribution in [2.45, 2.75) is 13.5 Å². The summed E-state index contributed by atoms with van der Waals surface area (Å²) in [6, 6.07) is 8.36. The first-order chi connectivity index (χ1) is 9.51. The molecule has 0 unspecified atom stereocenters. The summed E-state index contributed by atoms with van der Waals surface area (Å²) >= 11 is 0. The van der Waals surface area contributed by atoms with Crippen LogP contribution in [0.25, 0.3) is 0 Å². The zero-order chi connectivity index (χ0) is 14.7. The second kappa shape index (κ2) is 5.89. The zero-order valence-electron chi connectivity index (χ0n) is 11.3. The number of nitrogens with zero attached hydrogens (tertiary/aromatic N) is 2. The van der Waals surface area contributed by atoms with Gasteiger partial charge in [0, 0.05) is 11.8 Å². The van der Waals surface area contributed by atoms with Gasteiger partial charge in [-0.05, 0) is 17.9 Å². The molecule has 0 saturated carbocycles. The van der Waals surface area contributed by atoms with Crippen molar-refractivity contribution in [3.63, 3.8) is 0 Å². The highest BCUT2D eigenvalue weighted by Crippen LogP contribution is 2.08. The van der Waals surface area contributed by atoms with Gasteiger partial charge in [-0.25, -0.2) is 4.98 Å². The molecule has 0 aliphatic heterocycles. The number of ether oxygens (including phenoxy) is 1. The Hall–Kier alpha value is -2.12. The lowest BCUT2D eigenvalue weighted by molar-refractivity contribution is 0.350. The van der Waals surface area contributed by atoms with E-state index in [2.05, 4.69) is 4.98 Å². The smallest absolute Gasteiger partial charge is 0.468 e. The minimum Gasteiger partial charge on any atom is -0.468 e. The predicted octanol–water partition coefficient (Wildman–Crippen LogP) is -0.712. The van der Waals surface area contributed by atoms with Gasteiger partial charge in [-0.1, -0.05) is 24.3 Å². The summed E-state index contributed by atoms with van der Waals surface area (Å²) in [4.78, 5) is 16.1. The second-order valence-electron chi connectivity index (χ2n) is 4.43. The molecule has 20 heavy (non-hydrogen) atoms. The maximum atomic E-state index is 12.0. The molecular formula is C13H15BN2O4. The first-order valence-corrected chi connectivity index (χ1v) is 6.08. The molecule has 104 valence electrons. The normalized spacial score (nSPS) is 10.4. The van der Waals surface area contributed by atoms with Crippen molar-refractivity contribution in [2.75, 3.05) is 7.11 Å². The SMILES string of the molecule is COc1nc(C)cc(=O)n1Cc1cccc(B(O)O)c1. The van der Waals surface area contributed by atoms with Crippen LogP contribution in [0.1, 0.15) is 11.3 Å². The van der Waals surface area contributed by atoms with E-state index in [1.54, 1.807) is 31.2 Å². The summed E-state index contributed by atoms with van der Waals surface area (Å²) in [6.07, 6.45) is 0. The monoisotopic (exact) mass is 274 g/mol. The average molecular weight is 274 g/mol. The van der Waals surface area contributed by atoms with Gasteiger partial charge in [0.2, 0.25) is 0 Å². The third kappa shape index (κ3) is 3.07. The standard InChI is InChI=1S/C13H15BN2O4/c1-9-6-12(17)16(13(15-9)20-2)8-10-4-3-5-11(7-10)14(18)19/h3-7,18-19H,8H2,1-2H3. The fourth-order valence-corrected chi connectivity index (χ4v) is 1.93. The van der Waals surface area contributed by atoms with Gasteiger partial charge in [0.25, 0.3) is 11.6 Å². The molecule has 0 saturated heterocycles. The first kappa shape index (κ1) is 14.3. The van der Waals surface area contributed by atoms with Gasteiger partial charge in [-0.2, -0.15) is 0 Å². The van der Waals surface area contributed by atoms with Gasteiger partial charge < -0.3 is 14.8 Å². The van der Waals surface area contributed by atoms with Crippen LogP contribution in [-0.4, -0.2) is 33.8 Å². The van der Waals surface area contributed by atoms with Crippen LogP contribution in [-0.2, 0) is 6.54 Å². The highest BCUT2D eigenvalue weighted by molar-refractivity contribution is 6.58. The summed E-state index contributed by atoms with van der Waals surface area (Å²) in [5.41, 5.74) is 1.49.